The molecule has 2 aromatic heterocycles. The smallest absolute Gasteiger partial charge is 0.262 e. The highest BCUT2D eigenvalue weighted by Gasteiger charge is 2.59. The van der Waals surface area contributed by atoms with Gasteiger partial charge in [-0.05, 0) is 55.7 Å². The van der Waals surface area contributed by atoms with Crippen molar-refractivity contribution in [2.45, 2.75) is 30.1 Å². The Morgan fingerprint density at radius 3 is 2.55 bits per heavy atom. The molecule has 2 aromatic carbocycles. The molecule has 2 aliphatic rings. The maximum Gasteiger partial charge on any atom is 0.262 e. The molecule has 192 valence electrons. The maximum atomic E-state index is 13.2. The second kappa shape index (κ2) is 8.35. The van der Waals surface area contributed by atoms with Crippen LogP contribution in [0.2, 0.25) is 0 Å². The average Bonchev–Trinajstić information content (AvgIpc) is 3.69. The van der Waals surface area contributed by atoms with Crippen LogP contribution in [0, 0.1) is 0 Å². The quantitative estimate of drug-likeness (QED) is 0.370. The van der Waals surface area contributed by atoms with Crippen LogP contribution >= 0.6 is 0 Å². The summed E-state index contributed by atoms with van der Waals surface area (Å²) in [4.78, 5) is 35.3. The van der Waals surface area contributed by atoms with Gasteiger partial charge in [-0.3, -0.25) is 19.3 Å². The van der Waals surface area contributed by atoms with Gasteiger partial charge in [0.25, 0.3) is 10.0 Å². The summed E-state index contributed by atoms with van der Waals surface area (Å²) < 4.78 is 34.2. The van der Waals surface area contributed by atoms with Crippen molar-refractivity contribution in [1.82, 2.24) is 9.97 Å². The number of aromatic nitrogens is 2. The number of nitrogens with one attached hydrogen (secondary N) is 1. The van der Waals surface area contributed by atoms with E-state index in [1.54, 1.807) is 36.5 Å². The van der Waals surface area contributed by atoms with E-state index < -0.39 is 15.4 Å². The molecule has 1 aliphatic heterocycles. The number of rotatable bonds is 6. The fourth-order valence-corrected chi connectivity index (χ4v) is 6.27. The zero-order valence-corrected chi connectivity index (χ0v) is 21.8. The Bertz CT molecular complexity index is 1780. The SMILES string of the molecule is COc1ncc(-c2ccc3ncc4c(c3c2)C2(CC2)C(=O)N4C)cc1NS(=O)(=O)c1cccc(C(C)=O)c1. The van der Waals surface area contributed by atoms with Crippen LogP contribution in [0.4, 0.5) is 11.4 Å². The molecule has 6 rings (SSSR count). The van der Waals surface area contributed by atoms with Crippen LogP contribution in [-0.2, 0) is 20.2 Å². The molecule has 1 spiro atoms. The second-order valence-electron chi connectivity index (χ2n) is 9.67. The molecule has 1 amide bonds. The number of nitrogens with zero attached hydrogens (tertiary/aromatic N) is 3. The molecule has 0 bridgehead atoms. The summed E-state index contributed by atoms with van der Waals surface area (Å²) in [7, 11) is -0.850. The van der Waals surface area contributed by atoms with Crippen LogP contribution in [0.3, 0.4) is 0 Å². The summed E-state index contributed by atoms with van der Waals surface area (Å²) in [5.74, 6) is -0.0298. The van der Waals surface area contributed by atoms with Crippen molar-refractivity contribution in [2.24, 2.45) is 0 Å². The first-order valence-corrected chi connectivity index (χ1v) is 13.5. The van der Waals surface area contributed by atoms with E-state index >= 15 is 0 Å². The number of amides is 1. The standard InChI is InChI=1S/C28H24N4O5S/c1-16(33)17-5-4-6-20(11-17)38(35,36)31-23-13-19(14-30-26(23)37-3)18-7-8-22-21(12-18)25-24(15-29-22)32(2)27(34)28(25)9-10-28/h4-8,11-15,31H,9-10H2,1-3H3. The minimum Gasteiger partial charge on any atom is -0.480 e. The molecule has 9 nitrogen and oxygen atoms in total. The van der Waals surface area contributed by atoms with Gasteiger partial charge in [-0.25, -0.2) is 13.4 Å². The van der Waals surface area contributed by atoms with E-state index in [2.05, 4.69) is 14.7 Å². The van der Waals surface area contributed by atoms with Crippen molar-refractivity contribution in [1.29, 1.82) is 0 Å². The van der Waals surface area contributed by atoms with E-state index in [1.165, 1.54) is 32.2 Å². The molecule has 1 fully saturated rings. The molecule has 0 saturated heterocycles. The molecule has 10 heteroatoms. The summed E-state index contributed by atoms with van der Waals surface area (Å²) in [5.41, 5.74) is 4.04. The molecule has 38 heavy (non-hydrogen) atoms. The number of carbonyl (C=O) groups is 2. The van der Waals surface area contributed by atoms with Gasteiger partial charge in [0.05, 0.1) is 34.8 Å². The van der Waals surface area contributed by atoms with E-state index in [-0.39, 0.29) is 28.2 Å². The van der Waals surface area contributed by atoms with Gasteiger partial charge < -0.3 is 9.64 Å². The van der Waals surface area contributed by atoms with Gasteiger partial charge in [0.1, 0.15) is 5.69 Å². The number of hydrogen-bond acceptors (Lipinski definition) is 7. The van der Waals surface area contributed by atoms with Gasteiger partial charge in [-0.1, -0.05) is 18.2 Å². The lowest BCUT2D eigenvalue weighted by Crippen LogP contribution is -2.28. The number of methoxy groups -OCH3 is 1. The number of fused-ring (bicyclic) bond motifs is 4. The number of hydrogen-bond donors (Lipinski definition) is 1. The monoisotopic (exact) mass is 528 g/mol. The van der Waals surface area contributed by atoms with Crippen molar-refractivity contribution < 1.29 is 22.7 Å². The normalized spacial score (nSPS) is 15.6. The van der Waals surface area contributed by atoms with Gasteiger partial charge in [-0.15, -0.1) is 0 Å². The second-order valence-corrected chi connectivity index (χ2v) is 11.3. The number of ketones is 1. The Morgan fingerprint density at radius 1 is 1.05 bits per heavy atom. The van der Waals surface area contributed by atoms with Crippen LogP contribution in [-0.4, -0.2) is 44.2 Å². The van der Waals surface area contributed by atoms with E-state index in [1.807, 2.05) is 18.2 Å². The van der Waals surface area contributed by atoms with Gasteiger partial charge in [0, 0.05) is 35.3 Å². The van der Waals surface area contributed by atoms with Crippen LogP contribution in [0.25, 0.3) is 22.0 Å². The van der Waals surface area contributed by atoms with Gasteiger partial charge >= 0.3 is 0 Å². The number of Topliss-reactive ketones (excluding diaryl/α,β-unsaturated/α-hetero) is 1. The van der Waals surface area contributed by atoms with Crippen LogP contribution in [0.5, 0.6) is 5.88 Å². The fraction of sp³-hybridized carbons (Fsp3) is 0.214. The summed E-state index contributed by atoms with van der Waals surface area (Å²) in [6.07, 6.45) is 4.99. The van der Waals surface area contributed by atoms with Gasteiger partial charge in [-0.2, -0.15) is 0 Å². The number of benzene rings is 2. The third-order valence-electron chi connectivity index (χ3n) is 7.32. The van der Waals surface area contributed by atoms with E-state index in [4.69, 9.17) is 4.74 Å². The Labute approximate surface area is 219 Å². The maximum absolute atomic E-state index is 13.2. The highest BCUT2D eigenvalue weighted by Crippen LogP contribution is 2.58. The molecule has 1 N–H and O–H groups in total. The lowest BCUT2D eigenvalue weighted by molar-refractivity contribution is -0.119. The third-order valence-corrected chi connectivity index (χ3v) is 8.69. The van der Waals surface area contributed by atoms with Gasteiger partial charge in [0.15, 0.2) is 5.78 Å². The number of sulfonamides is 1. The van der Waals surface area contributed by atoms with Crippen molar-refractivity contribution in [2.75, 3.05) is 23.8 Å². The first-order chi connectivity index (χ1) is 18.1. The third kappa shape index (κ3) is 3.63. The Hall–Kier alpha value is -4.31. The van der Waals surface area contributed by atoms with Crippen molar-refractivity contribution in [3.63, 3.8) is 0 Å². The van der Waals surface area contributed by atoms with Crippen LogP contribution in [0.1, 0.15) is 35.7 Å². The highest BCUT2D eigenvalue weighted by atomic mass is 32.2. The summed E-state index contributed by atoms with van der Waals surface area (Å²) in [6.45, 7) is 1.38. The number of likely N-dealkylation sites (N-methyl/N-ethyl adjacent to an activating group) is 1. The molecule has 0 radical (unpaired) electrons. The number of pyridine rings is 2. The predicted octanol–water partition coefficient (Wildman–Crippen LogP) is 4.32. The summed E-state index contributed by atoms with van der Waals surface area (Å²) in [5, 5.41) is 0.897. The molecular weight excluding hydrogens is 504 g/mol. The highest BCUT2D eigenvalue weighted by molar-refractivity contribution is 7.92. The number of ether oxygens (including phenoxy) is 1. The Kier molecular flexibility index (Phi) is 5.29. The number of carbonyl (C=O) groups excluding carboxylic acids is 2. The molecule has 3 heterocycles. The average molecular weight is 529 g/mol. The minimum absolute atomic E-state index is 0.0477. The topological polar surface area (TPSA) is 119 Å². The van der Waals surface area contributed by atoms with Crippen molar-refractivity contribution >= 4 is 44.0 Å². The molecule has 4 aromatic rings. The molecular formula is C28H24N4O5S. The predicted molar refractivity (Wildman–Crippen MR) is 143 cm³/mol. The molecule has 1 saturated carbocycles. The van der Waals surface area contributed by atoms with Crippen LogP contribution < -0.4 is 14.4 Å². The lowest BCUT2D eigenvalue weighted by Gasteiger charge is -2.14. The van der Waals surface area contributed by atoms with Crippen LogP contribution in [0.15, 0.2) is 65.8 Å². The molecule has 1 aliphatic carbocycles. The van der Waals surface area contributed by atoms with E-state index in [0.29, 0.717) is 11.1 Å². The minimum atomic E-state index is -4.04. The first kappa shape index (κ1) is 24.1. The lowest BCUT2D eigenvalue weighted by atomic mass is 9.92. The van der Waals surface area contributed by atoms with Crippen molar-refractivity contribution in [3.05, 3.63) is 72.1 Å². The zero-order valence-electron chi connectivity index (χ0n) is 21.0. The molecule has 0 atom stereocenters. The number of anilines is 2. The van der Waals surface area contributed by atoms with Crippen molar-refractivity contribution in [3.8, 4) is 17.0 Å². The fourth-order valence-electron chi connectivity index (χ4n) is 5.18. The summed E-state index contributed by atoms with van der Waals surface area (Å²) >= 11 is 0. The van der Waals surface area contributed by atoms with E-state index in [0.717, 1.165) is 40.6 Å². The van der Waals surface area contributed by atoms with E-state index in [9.17, 15) is 18.0 Å². The first-order valence-electron chi connectivity index (χ1n) is 12.0. The molecule has 0 unspecified atom stereocenters. The zero-order chi connectivity index (χ0) is 26.8. The van der Waals surface area contributed by atoms with Gasteiger partial charge in [0.2, 0.25) is 11.8 Å². The Balaban J connectivity index is 1.43. The Morgan fingerprint density at radius 2 is 1.84 bits per heavy atom. The largest absolute Gasteiger partial charge is 0.480 e. The summed E-state index contributed by atoms with van der Waals surface area (Å²) in [6, 6.07) is 13.2.